The summed E-state index contributed by atoms with van der Waals surface area (Å²) >= 11 is 0. The first kappa shape index (κ1) is 19.9. The van der Waals surface area contributed by atoms with E-state index in [1.54, 1.807) is 4.90 Å². The van der Waals surface area contributed by atoms with Gasteiger partial charge in [0, 0.05) is 12.1 Å². The van der Waals surface area contributed by atoms with E-state index in [1.165, 1.54) is 4.52 Å². The second-order valence-electron chi connectivity index (χ2n) is 8.07. The molecule has 0 bridgehead atoms. The van der Waals surface area contributed by atoms with Crippen molar-refractivity contribution in [1.29, 1.82) is 0 Å². The minimum atomic E-state index is -0.494. The maximum Gasteiger partial charge on any atom is 0.277 e. The summed E-state index contributed by atoms with van der Waals surface area (Å²) in [7, 11) is 0. The lowest BCUT2D eigenvalue weighted by Crippen LogP contribution is -2.50. The Balaban J connectivity index is 1.44. The molecule has 2 aromatic heterocycles. The van der Waals surface area contributed by atoms with E-state index in [0.29, 0.717) is 24.8 Å². The van der Waals surface area contributed by atoms with Gasteiger partial charge in [0.05, 0.1) is 31.4 Å². The van der Waals surface area contributed by atoms with Gasteiger partial charge >= 0.3 is 0 Å². The van der Waals surface area contributed by atoms with E-state index in [1.807, 2.05) is 30.3 Å². The van der Waals surface area contributed by atoms with Crippen LogP contribution in [0.5, 0.6) is 0 Å². The Morgan fingerprint density at radius 1 is 1.19 bits per heavy atom. The molecule has 1 aliphatic carbocycles. The van der Waals surface area contributed by atoms with Gasteiger partial charge in [-0.15, -0.1) is 0 Å². The molecule has 5 rings (SSSR count). The van der Waals surface area contributed by atoms with Crippen molar-refractivity contribution in [2.24, 2.45) is 0 Å². The number of amides is 1. The summed E-state index contributed by atoms with van der Waals surface area (Å²) < 4.78 is 7.07. The molecular weight excluding hydrogens is 398 g/mol. The van der Waals surface area contributed by atoms with E-state index in [0.717, 1.165) is 42.5 Å². The lowest BCUT2D eigenvalue weighted by Gasteiger charge is -2.40. The Morgan fingerprint density at radius 2 is 2.00 bits per heavy atom. The van der Waals surface area contributed by atoms with E-state index < -0.39 is 6.10 Å². The maximum absolute atomic E-state index is 13.3. The summed E-state index contributed by atoms with van der Waals surface area (Å²) in [6.45, 7) is 0.592. The van der Waals surface area contributed by atoms with E-state index in [2.05, 4.69) is 15.1 Å². The number of aryl methyl sites for hydroxylation is 1. The van der Waals surface area contributed by atoms with Gasteiger partial charge in [-0.2, -0.15) is 9.50 Å². The molecule has 0 spiro atoms. The summed E-state index contributed by atoms with van der Waals surface area (Å²) in [5, 5.41) is 12.8. The monoisotopic (exact) mass is 423 g/mol. The van der Waals surface area contributed by atoms with Gasteiger partial charge in [-0.3, -0.25) is 14.7 Å². The van der Waals surface area contributed by atoms with E-state index in [4.69, 9.17) is 4.74 Å². The van der Waals surface area contributed by atoms with Crippen molar-refractivity contribution in [2.45, 2.75) is 44.2 Å². The number of aromatic nitrogens is 4. The number of rotatable bonds is 4. The largest absolute Gasteiger partial charge is 0.394 e. The lowest BCUT2D eigenvalue weighted by atomic mass is 9.97. The Hall–Kier alpha value is -3.04. The molecule has 3 heterocycles. The highest BCUT2D eigenvalue weighted by atomic mass is 16.5. The van der Waals surface area contributed by atoms with Crippen molar-refractivity contribution < 1.29 is 14.6 Å². The molecule has 2 N–H and O–H groups in total. The number of aromatic amines is 1. The van der Waals surface area contributed by atoms with Crippen molar-refractivity contribution in [2.75, 3.05) is 19.8 Å². The molecule has 1 aliphatic heterocycles. The molecule has 2 aliphatic rings. The van der Waals surface area contributed by atoms with E-state index in [9.17, 15) is 14.7 Å². The first-order valence-electron chi connectivity index (χ1n) is 10.7. The molecule has 3 aromatic rings. The number of H-pyrrole nitrogens is 1. The molecular formula is C22H25N5O4. The third-order valence-corrected chi connectivity index (χ3v) is 6.12. The molecule has 1 aromatic carbocycles. The zero-order valence-corrected chi connectivity index (χ0v) is 17.2. The number of morpholine rings is 1. The van der Waals surface area contributed by atoms with Gasteiger partial charge in [0.2, 0.25) is 5.91 Å². The number of hydrogen-bond donors (Lipinski definition) is 2. The Morgan fingerprint density at radius 3 is 2.81 bits per heavy atom. The average Bonchev–Trinajstić information content (AvgIpc) is 3.21. The van der Waals surface area contributed by atoms with Crippen LogP contribution in [0.3, 0.4) is 0 Å². The first-order valence-corrected chi connectivity index (χ1v) is 10.7. The molecule has 0 saturated carbocycles. The lowest BCUT2D eigenvalue weighted by molar-refractivity contribution is -0.149. The van der Waals surface area contributed by atoms with Crippen LogP contribution in [0.2, 0.25) is 0 Å². The summed E-state index contributed by atoms with van der Waals surface area (Å²) in [6, 6.07) is 9.19. The molecule has 1 saturated heterocycles. The van der Waals surface area contributed by atoms with Crippen LogP contribution < -0.4 is 5.56 Å². The highest BCUT2D eigenvalue weighted by Crippen LogP contribution is 2.30. The minimum absolute atomic E-state index is 0.00888. The van der Waals surface area contributed by atoms with E-state index >= 15 is 0 Å². The number of carbonyl (C=O) groups is 1. The fourth-order valence-corrected chi connectivity index (χ4v) is 4.62. The Bertz CT molecular complexity index is 1160. The molecule has 162 valence electrons. The summed E-state index contributed by atoms with van der Waals surface area (Å²) in [5.41, 5.74) is 2.35. The molecule has 1 amide bonds. The van der Waals surface area contributed by atoms with Crippen LogP contribution in [0.25, 0.3) is 5.78 Å². The third kappa shape index (κ3) is 3.64. The number of aliphatic hydroxyl groups is 1. The number of carbonyl (C=O) groups excluding carboxylic acids is 1. The normalized spacial score (nSPS) is 21.3. The van der Waals surface area contributed by atoms with Crippen molar-refractivity contribution in [3.63, 3.8) is 0 Å². The summed E-state index contributed by atoms with van der Waals surface area (Å²) in [5.74, 6) is 0.562. The summed E-state index contributed by atoms with van der Waals surface area (Å²) in [4.78, 5) is 36.8. The number of ether oxygens (including phenoxy) is 1. The number of nitrogens with zero attached hydrogens (tertiary/aromatic N) is 4. The van der Waals surface area contributed by atoms with Crippen LogP contribution in [0, 0.1) is 0 Å². The standard InChI is InChI=1S/C22H25N5O4/c28-13-17-20(14-6-2-1-3-7-14)26(10-11-31-17)19(29)12-18-24-22-23-16-9-5-4-8-15(16)21(30)27(22)25-18/h1-3,6-7,17,20,28H,4-5,8-13H2,(H,23,24,25)/t17-,20-/m1/s1. The Kier molecular flexibility index (Phi) is 5.29. The van der Waals surface area contributed by atoms with Crippen LogP contribution >= 0.6 is 0 Å². The van der Waals surface area contributed by atoms with Gasteiger partial charge in [0.1, 0.15) is 11.9 Å². The predicted molar refractivity (Wildman–Crippen MR) is 112 cm³/mol. The Labute approximate surface area is 178 Å². The second-order valence-corrected chi connectivity index (χ2v) is 8.07. The topological polar surface area (TPSA) is 113 Å². The van der Waals surface area contributed by atoms with Gasteiger partial charge in [-0.05, 0) is 31.2 Å². The fraction of sp³-hybridized carbons (Fsp3) is 0.455. The zero-order valence-electron chi connectivity index (χ0n) is 17.2. The number of aliphatic hydroxyl groups excluding tert-OH is 1. The molecule has 9 heteroatoms. The SMILES string of the molecule is O=C(Cc1nc2nc3c(c(=O)n2[nH]1)CCCC3)N1CCO[C@H](CO)[C@H]1c1ccccc1. The summed E-state index contributed by atoms with van der Waals surface area (Å²) in [6.07, 6.45) is 3.04. The third-order valence-electron chi connectivity index (χ3n) is 6.12. The van der Waals surface area contributed by atoms with Gasteiger partial charge in [-0.25, -0.2) is 4.98 Å². The first-order chi connectivity index (χ1) is 15.2. The van der Waals surface area contributed by atoms with Crippen LogP contribution in [0.4, 0.5) is 0 Å². The molecule has 2 atom stereocenters. The van der Waals surface area contributed by atoms with Gasteiger partial charge in [-0.1, -0.05) is 30.3 Å². The van der Waals surface area contributed by atoms with Crippen molar-refractivity contribution >= 4 is 11.7 Å². The average molecular weight is 423 g/mol. The predicted octanol–water partition coefficient (Wildman–Crippen LogP) is 0.800. The molecule has 9 nitrogen and oxygen atoms in total. The van der Waals surface area contributed by atoms with Crippen LogP contribution in [0.15, 0.2) is 35.1 Å². The molecule has 31 heavy (non-hydrogen) atoms. The second kappa shape index (κ2) is 8.24. The van der Waals surface area contributed by atoms with Crippen LogP contribution in [-0.2, 0) is 28.8 Å². The van der Waals surface area contributed by atoms with Gasteiger partial charge in [0.25, 0.3) is 11.3 Å². The molecule has 0 radical (unpaired) electrons. The van der Waals surface area contributed by atoms with Crippen molar-refractivity contribution in [1.82, 2.24) is 24.5 Å². The zero-order chi connectivity index (χ0) is 21.4. The van der Waals surface area contributed by atoms with Crippen molar-refractivity contribution in [3.05, 3.63) is 63.3 Å². The number of nitrogens with one attached hydrogen (secondary N) is 1. The smallest absolute Gasteiger partial charge is 0.277 e. The maximum atomic E-state index is 13.3. The quantitative estimate of drug-likeness (QED) is 0.642. The van der Waals surface area contributed by atoms with Crippen LogP contribution in [-0.4, -0.2) is 61.4 Å². The fourth-order valence-electron chi connectivity index (χ4n) is 4.62. The van der Waals surface area contributed by atoms with Crippen molar-refractivity contribution in [3.8, 4) is 0 Å². The minimum Gasteiger partial charge on any atom is -0.394 e. The van der Waals surface area contributed by atoms with E-state index in [-0.39, 0.29) is 30.5 Å². The van der Waals surface area contributed by atoms with Gasteiger partial charge < -0.3 is 14.7 Å². The molecule has 1 fully saturated rings. The number of benzene rings is 1. The molecule has 0 unspecified atom stereocenters. The highest BCUT2D eigenvalue weighted by molar-refractivity contribution is 5.78. The highest BCUT2D eigenvalue weighted by Gasteiger charge is 2.36. The van der Waals surface area contributed by atoms with Crippen LogP contribution in [0.1, 0.15) is 41.5 Å². The number of hydrogen-bond acceptors (Lipinski definition) is 6. The van der Waals surface area contributed by atoms with Gasteiger partial charge in [0.15, 0.2) is 0 Å². The number of fused-ring (bicyclic) bond motifs is 2.